The molecule has 0 saturated heterocycles. The minimum atomic E-state index is -0.0591. The molecule has 0 saturated carbocycles. The molecule has 0 aliphatic rings. The van der Waals surface area contributed by atoms with E-state index in [1.165, 1.54) is 0 Å². The van der Waals surface area contributed by atoms with Crippen molar-refractivity contribution in [2.45, 2.75) is 26.0 Å². The summed E-state index contributed by atoms with van der Waals surface area (Å²) >= 11 is 0. The number of aliphatic hydroxyl groups excluding tert-OH is 1. The fraction of sp³-hybridized carbons (Fsp3) is 0.500. The molecule has 1 atom stereocenters. The molecule has 3 N–H and O–H groups in total. The van der Waals surface area contributed by atoms with E-state index in [2.05, 4.69) is 0 Å². The molecule has 3 nitrogen and oxygen atoms in total. The summed E-state index contributed by atoms with van der Waals surface area (Å²) in [6, 6.07) is 3.50. The van der Waals surface area contributed by atoms with E-state index in [1.54, 1.807) is 12.1 Å². The molecule has 1 aromatic heterocycles. The van der Waals surface area contributed by atoms with E-state index in [-0.39, 0.29) is 12.6 Å². The van der Waals surface area contributed by atoms with Gasteiger partial charge in [-0.2, -0.15) is 0 Å². The molecule has 0 bridgehead atoms. The van der Waals surface area contributed by atoms with E-state index < -0.39 is 0 Å². The number of furan rings is 1. The van der Waals surface area contributed by atoms with Crippen LogP contribution in [0.2, 0.25) is 0 Å². The van der Waals surface area contributed by atoms with Crippen molar-refractivity contribution in [1.29, 1.82) is 0 Å². The Labute approximate surface area is 65.8 Å². The van der Waals surface area contributed by atoms with Crippen LogP contribution in [0.25, 0.3) is 0 Å². The van der Waals surface area contributed by atoms with Crippen LogP contribution in [0.1, 0.15) is 30.9 Å². The Morgan fingerprint density at radius 3 is 2.82 bits per heavy atom. The zero-order chi connectivity index (χ0) is 8.27. The van der Waals surface area contributed by atoms with Gasteiger partial charge in [-0.15, -0.1) is 0 Å². The van der Waals surface area contributed by atoms with Gasteiger partial charge in [0.2, 0.25) is 0 Å². The molecular formula is C8H13NO2. The van der Waals surface area contributed by atoms with Gasteiger partial charge in [0.25, 0.3) is 0 Å². The van der Waals surface area contributed by atoms with Gasteiger partial charge in [0.15, 0.2) is 0 Å². The van der Waals surface area contributed by atoms with E-state index >= 15 is 0 Å². The third-order valence-electron chi connectivity index (χ3n) is 1.64. The van der Waals surface area contributed by atoms with Gasteiger partial charge >= 0.3 is 0 Å². The Kier molecular flexibility index (Phi) is 2.68. The Morgan fingerprint density at radius 2 is 2.36 bits per heavy atom. The smallest absolute Gasteiger partial charge is 0.129 e. The summed E-state index contributed by atoms with van der Waals surface area (Å²) in [7, 11) is 0. The van der Waals surface area contributed by atoms with Crippen LogP contribution >= 0.6 is 0 Å². The normalized spacial score (nSPS) is 13.4. The van der Waals surface area contributed by atoms with E-state index in [0.717, 1.165) is 12.2 Å². The molecule has 3 heteroatoms. The molecule has 0 radical (unpaired) electrons. The van der Waals surface area contributed by atoms with Crippen LogP contribution in [0.3, 0.4) is 0 Å². The lowest BCUT2D eigenvalue weighted by Gasteiger charge is -2.02. The van der Waals surface area contributed by atoms with Crippen LogP contribution < -0.4 is 5.73 Å². The largest absolute Gasteiger partial charge is 0.462 e. The van der Waals surface area contributed by atoms with Gasteiger partial charge in [0, 0.05) is 0 Å². The van der Waals surface area contributed by atoms with Crippen LogP contribution in [-0.4, -0.2) is 5.11 Å². The summed E-state index contributed by atoms with van der Waals surface area (Å²) in [6.45, 7) is 1.93. The van der Waals surface area contributed by atoms with Gasteiger partial charge in [-0.1, -0.05) is 6.92 Å². The lowest BCUT2D eigenvalue weighted by molar-refractivity contribution is 0.241. The van der Waals surface area contributed by atoms with Gasteiger partial charge in [-0.3, -0.25) is 0 Å². The van der Waals surface area contributed by atoms with Gasteiger partial charge < -0.3 is 15.3 Å². The lowest BCUT2D eigenvalue weighted by Crippen LogP contribution is -2.06. The topological polar surface area (TPSA) is 59.4 Å². The second kappa shape index (κ2) is 3.55. The van der Waals surface area contributed by atoms with Crippen LogP contribution in [0.5, 0.6) is 0 Å². The highest BCUT2D eigenvalue weighted by Crippen LogP contribution is 2.16. The third kappa shape index (κ3) is 1.82. The van der Waals surface area contributed by atoms with E-state index in [1.807, 2.05) is 6.92 Å². The SMILES string of the molecule is CC[C@H](N)c1ccc(CO)o1. The summed E-state index contributed by atoms with van der Waals surface area (Å²) in [6.07, 6.45) is 0.846. The summed E-state index contributed by atoms with van der Waals surface area (Å²) in [5.41, 5.74) is 5.69. The molecule has 0 spiro atoms. The molecule has 0 aliphatic heterocycles. The first kappa shape index (κ1) is 8.30. The second-order valence-corrected chi connectivity index (χ2v) is 2.48. The lowest BCUT2D eigenvalue weighted by atomic mass is 10.2. The highest BCUT2D eigenvalue weighted by Gasteiger charge is 2.07. The first-order valence-corrected chi connectivity index (χ1v) is 3.73. The Balaban J connectivity index is 2.71. The van der Waals surface area contributed by atoms with Crippen LogP contribution in [0, 0.1) is 0 Å². The summed E-state index contributed by atoms with van der Waals surface area (Å²) in [4.78, 5) is 0. The number of hydrogen-bond acceptors (Lipinski definition) is 3. The maximum Gasteiger partial charge on any atom is 0.129 e. The highest BCUT2D eigenvalue weighted by atomic mass is 16.4. The maximum atomic E-state index is 8.67. The zero-order valence-corrected chi connectivity index (χ0v) is 6.58. The van der Waals surface area contributed by atoms with Crippen molar-refractivity contribution in [2.24, 2.45) is 5.73 Å². The van der Waals surface area contributed by atoms with Crippen LogP contribution in [-0.2, 0) is 6.61 Å². The third-order valence-corrected chi connectivity index (χ3v) is 1.64. The predicted molar refractivity (Wildman–Crippen MR) is 41.9 cm³/mol. The van der Waals surface area contributed by atoms with Crippen molar-refractivity contribution in [3.05, 3.63) is 23.7 Å². The summed E-state index contributed by atoms with van der Waals surface area (Å²) in [5, 5.41) is 8.67. The Bertz CT molecular complexity index is 220. The number of rotatable bonds is 3. The van der Waals surface area contributed by atoms with Crippen molar-refractivity contribution in [2.75, 3.05) is 0 Å². The van der Waals surface area contributed by atoms with Crippen molar-refractivity contribution < 1.29 is 9.52 Å². The Hall–Kier alpha value is -0.800. The zero-order valence-electron chi connectivity index (χ0n) is 6.58. The van der Waals surface area contributed by atoms with Crippen LogP contribution in [0.15, 0.2) is 16.5 Å². The number of nitrogens with two attached hydrogens (primary N) is 1. The minimum Gasteiger partial charge on any atom is -0.462 e. The fourth-order valence-corrected chi connectivity index (χ4v) is 0.880. The summed E-state index contributed by atoms with van der Waals surface area (Å²) in [5.74, 6) is 1.32. The van der Waals surface area contributed by atoms with Crippen molar-refractivity contribution in [3.8, 4) is 0 Å². The van der Waals surface area contributed by atoms with E-state index in [0.29, 0.717) is 5.76 Å². The predicted octanol–water partition coefficient (Wildman–Crippen LogP) is 1.18. The maximum absolute atomic E-state index is 8.67. The van der Waals surface area contributed by atoms with Crippen molar-refractivity contribution >= 4 is 0 Å². The van der Waals surface area contributed by atoms with Gasteiger partial charge in [-0.05, 0) is 18.6 Å². The molecule has 11 heavy (non-hydrogen) atoms. The average molecular weight is 155 g/mol. The first-order chi connectivity index (χ1) is 5.27. The molecule has 1 rings (SSSR count). The average Bonchev–Trinajstić information content (AvgIpc) is 2.50. The van der Waals surface area contributed by atoms with Gasteiger partial charge in [-0.25, -0.2) is 0 Å². The molecule has 1 aromatic rings. The molecular weight excluding hydrogens is 142 g/mol. The highest BCUT2D eigenvalue weighted by molar-refractivity contribution is 5.09. The van der Waals surface area contributed by atoms with E-state index in [9.17, 15) is 0 Å². The molecule has 0 fully saturated rings. The van der Waals surface area contributed by atoms with E-state index in [4.69, 9.17) is 15.3 Å². The first-order valence-electron chi connectivity index (χ1n) is 3.73. The van der Waals surface area contributed by atoms with Crippen molar-refractivity contribution in [3.63, 3.8) is 0 Å². The summed E-state index contributed by atoms with van der Waals surface area (Å²) < 4.78 is 5.21. The molecule has 0 aliphatic carbocycles. The molecule has 0 aromatic carbocycles. The van der Waals surface area contributed by atoms with Crippen molar-refractivity contribution in [1.82, 2.24) is 0 Å². The number of aliphatic hydroxyl groups is 1. The monoisotopic (exact) mass is 155 g/mol. The quantitative estimate of drug-likeness (QED) is 0.689. The molecule has 0 unspecified atom stereocenters. The number of hydrogen-bond donors (Lipinski definition) is 2. The molecule has 1 heterocycles. The van der Waals surface area contributed by atoms with Gasteiger partial charge in [0.1, 0.15) is 18.1 Å². The van der Waals surface area contributed by atoms with Gasteiger partial charge in [0.05, 0.1) is 6.04 Å². The minimum absolute atomic E-state index is 0.0460. The molecule has 0 amide bonds. The standard InChI is InChI=1S/C8H13NO2/c1-2-7(9)8-4-3-6(5-10)11-8/h3-4,7,10H,2,5,9H2,1H3/t7-/m0/s1. The second-order valence-electron chi connectivity index (χ2n) is 2.48. The fourth-order valence-electron chi connectivity index (χ4n) is 0.880. The molecule has 62 valence electrons. The van der Waals surface area contributed by atoms with Crippen LogP contribution in [0.4, 0.5) is 0 Å². The Morgan fingerprint density at radius 1 is 1.64 bits per heavy atom.